The van der Waals surface area contributed by atoms with E-state index in [9.17, 15) is 4.79 Å². The molecule has 1 N–H and O–H groups in total. The maximum Gasteiger partial charge on any atom is 0.230 e. The number of ether oxygens (including phenoxy) is 2. The van der Waals surface area contributed by atoms with Crippen LogP contribution < -0.4 is 14.8 Å². The zero-order valence-corrected chi connectivity index (χ0v) is 14.7. The van der Waals surface area contributed by atoms with Gasteiger partial charge in [-0.15, -0.1) is 0 Å². The van der Waals surface area contributed by atoms with E-state index >= 15 is 0 Å². The fourth-order valence-electron chi connectivity index (χ4n) is 2.30. The maximum atomic E-state index is 12.2. The first-order valence-electron chi connectivity index (χ1n) is 7.16. The van der Waals surface area contributed by atoms with E-state index < -0.39 is 0 Å². The van der Waals surface area contributed by atoms with E-state index in [0.29, 0.717) is 21.4 Å². The van der Waals surface area contributed by atoms with Gasteiger partial charge >= 0.3 is 0 Å². The molecule has 3 rings (SSSR count). The maximum absolute atomic E-state index is 12.2. The third-order valence-corrected chi connectivity index (χ3v) is 4.85. The molecular formula is C17H15ClN2O3S. The molecule has 0 fully saturated rings. The summed E-state index contributed by atoms with van der Waals surface area (Å²) in [5.74, 6) is 1.19. The second kappa shape index (κ2) is 7.07. The summed E-state index contributed by atoms with van der Waals surface area (Å²) in [4.78, 5) is 16.7. The third-order valence-electron chi connectivity index (χ3n) is 3.42. The van der Waals surface area contributed by atoms with Crippen molar-refractivity contribution in [3.63, 3.8) is 0 Å². The Hall–Kier alpha value is -2.31. The molecule has 0 radical (unpaired) electrons. The van der Waals surface area contributed by atoms with E-state index in [2.05, 4.69) is 10.3 Å². The van der Waals surface area contributed by atoms with Gasteiger partial charge in [0.2, 0.25) is 5.91 Å². The van der Waals surface area contributed by atoms with Crippen LogP contribution in [-0.4, -0.2) is 25.1 Å². The second-order valence-electron chi connectivity index (χ2n) is 5.02. The third kappa shape index (κ3) is 3.44. The fourth-order valence-corrected chi connectivity index (χ4v) is 3.47. The molecular weight excluding hydrogens is 348 g/mol. The van der Waals surface area contributed by atoms with Gasteiger partial charge < -0.3 is 14.8 Å². The van der Waals surface area contributed by atoms with Gasteiger partial charge in [0.15, 0.2) is 5.13 Å². The van der Waals surface area contributed by atoms with Crippen molar-refractivity contribution in [2.24, 2.45) is 0 Å². The quantitative estimate of drug-likeness (QED) is 0.740. The predicted octanol–water partition coefficient (Wildman–Crippen LogP) is 4.15. The van der Waals surface area contributed by atoms with Gasteiger partial charge in [0.1, 0.15) is 17.0 Å². The number of nitrogens with zero attached hydrogens (tertiary/aromatic N) is 1. The van der Waals surface area contributed by atoms with Gasteiger partial charge in [-0.1, -0.05) is 35.1 Å². The molecule has 7 heteroatoms. The zero-order chi connectivity index (χ0) is 17.1. The van der Waals surface area contributed by atoms with E-state index in [1.807, 2.05) is 24.3 Å². The van der Waals surface area contributed by atoms with E-state index in [4.69, 9.17) is 21.1 Å². The number of carbonyl (C=O) groups excluding carboxylic acids is 1. The predicted molar refractivity (Wildman–Crippen MR) is 96.5 cm³/mol. The summed E-state index contributed by atoms with van der Waals surface area (Å²) < 4.78 is 11.2. The van der Waals surface area contributed by atoms with Crippen molar-refractivity contribution < 1.29 is 14.3 Å². The zero-order valence-electron chi connectivity index (χ0n) is 13.1. The summed E-state index contributed by atoms with van der Waals surface area (Å²) in [5, 5.41) is 3.88. The number of anilines is 1. The van der Waals surface area contributed by atoms with Crippen molar-refractivity contribution >= 4 is 44.2 Å². The number of methoxy groups -OCH3 is 2. The molecule has 0 spiro atoms. The average Bonchev–Trinajstić information content (AvgIpc) is 2.99. The van der Waals surface area contributed by atoms with E-state index in [-0.39, 0.29) is 12.3 Å². The van der Waals surface area contributed by atoms with Crippen LogP contribution in [0.3, 0.4) is 0 Å². The molecule has 1 amide bonds. The molecule has 24 heavy (non-hydrogen) atoms. The Kier molecular flexibility index (Phi) is 4.87. The van der Waals surface area contributed by atoms with Gasteiger partial charge in [-0.2, -0.15) is 0 Å². The molecule has 0 saturated heterocycles. The Balaban J connectivity index is 1.79. The molecule has 0 bridgehead atoms. The lowest BCUT2D eigenvalue weighted by Crippen LogP contribution is -2.14. The Bertz CT molecular complexity index is 895. The number of rotatable bonds is 5. The number of hydrogen-bond donors (Lipinski definition) is 1. The molecule has 0 aliphatic rings. The van der Waals surface area contributed by atoms with Crippen molar-refractivity contribution in [2.45, 2.75) is 6.42 Å². The van der Waals surface area contributed by atoms with Crippen LogP contribution in [-0.2, 0) is 11.2 Å². The van der Waals surface area contributed by atoms with E-state index in [1.165, 1.54) is 11.3 Å². The van der Waals surface area contributed by atoms with Crippen LogP contribution in [0.15, 0.2) is 36.4 Å². The van der Waals surface area contributed by atoms with Crippen LogP contribution in [0.2, 0.25) is 5.02 Å². The molecule has 0 aliphatic heterocycles. The van der Waals surface area contributed by atoms with Crippen molar-refractivity contribution in [3.8, 4) is 11.5 Å². The van der Waals surface area contributed by atoms with Gasteiger partial charge in [-0.05, 0) is 29.8 Å². The van der Waals surface area contributed by atoms with Gasteiger partial charge in [-0.3, -0.25) is 4.79 Å². The minimum atomic E-state index is -0.155. The molecule has 5 nitrogen and oxygen atoms in total. The van der Waals surface area contributed by atoms with Crippen molar-refractivity contribution in [2.75, 3.05) is 19.5 Å². The average molecular weight is 363 g/mol. The number of halogens is 1. The number of aromatic nitrogens is 1. The number of benzene rings is 2. The highest BCUT2D eigenvalue weighted by molar-refractivity contribution is 7.23. The van der Waals surface area contributed by atoms with E-state index in [0.717, 1.165) is 16.0 Å². The number of carbonyl (C=O) groups is 1. The van der Waals surface area contributed by atoms with Crippen LogP contribution in [0, 0.1) is 0 Å². The standard InChI is InChI=1S/C17H15ClN2O3S/c1-22-11-5-3-4-10(8-11)9-14(21)19-17-20-15-13(23-2)7-6-12(18)16(15)24-17/h3-8H,9H2,1-2H3,(H,19,20,21). The van der Waals surface area contributed by atoms with Gasteiger partial charge in [0.05, 0.1) is 30.4 Å². The lowest BCUT2D eigenvalue weighted by molar-refractivity contribution is -0.115. The van der Waals surface area contributed by atoms with Crippen LogP contribution in [0.1, 0.15) is 5.56 Å². The molecule has 2 aromatic carbocycles. The van der Waals surface area contributed by atoms with E-state index in [1.54, 1.807) is 26.4 Å². The normalized spacial score (nSPS) is 10.6. The highest BCUT2D eigenvalue weighted by atomic mass is 35.5. The fraction of sp³-hybridized carbons (Fsp3) is 0.176. The summed E-state index contributed by atoms with van der Waals surface area (Å²) in [6.07, 6.45) is 0.234. The lowest BCUT2D eigenvalue weighted by Gasteiger charge is -2.04. The topological polar surface area (TPSA) is 60.5 Å². The van der Waals surface area contributed by atoms with Gasteiger partial charge in [-0.25, -0.2) is 4.98 Å². The summed E-state index contributed by atoms with van der Waals surface area (Å²) in [7, 11) is 3.17. The van der Waals surface area contributed by atoms with Gasteiger partial charge in [0.25, 0.3) is 0 Å². The van der Waals surface area contributed by atoms with Crippen LogP contribution in [0.25, 0.3) is 10.2 Å². The molecule has 3 aromatic rings. The molecule has 1 aromatic heterocycles. The first-order valence-corrected chi connectivity index (χ1v) is 8.36. The Labute approximate surface area is 148 Å². The molecule has 0 atom stereocenters. The number of thiazole rings is 1. The van der Waals surface area contributed by atoms with Crippen molar-refractivity contribution in [3.05, 3.63) is 47.0 Å². The largest absolute Gasteiger partial charge is 0.497 e. The molecule has 0 unspecified atom stereocenters. The van der Waals surface area contributed by atoms with Crippen molar-refractivity contribution in [1.82, 2.24) is 4.98 Å². The Morgan fingerprint density at radius 3 is 2.83 bits per heavy atom. The number of hydrogen-bond acceptors (Lipinski definition) is 5. The minimum absolute atomic E-state index is 0.155. The summed E-state index contributed by atoms with van der Waals surface area (Å²) in [6, 6.07) is 10.9. The molecule has 124 valence electrons. The smallest absolute Gasteiger partial charge is 0.230 e. The molecule has 1 heterocycles. The van der Waals surface area contributed by atoms with Crippen LogP contribution in [0.4, 0.5) is 5.13 Å². The number of fused-ring (bicyclic) bond motifs is 1. The monoisotopic (exact) mass is 362 g/mol. The lowest BCUT2D eigenvalue weighted by atomic mass is 10.1. The first kappa shape index (κ1) is 16.5. The second-order valence-corrected chi connectivity index (χ2v) is 6.43. The highest BCUT2D eigenvalue weighted by Gasteiger charge is 2.14. The first-order chi connectivity index (χ1) is 11.6. The number of amides is 1. The molecule has 0 aliphatic carbocycles. The highest BCUT2D eigenvalue weighted by Crippen LogP contribution is 2.37. The van der Waals surface area contributed by atoms with Crippen LogP contribution in [0.5, 0.6) is 11.5 Å². The Morgan fingerprint density at radius 1 is 1.25 bits per heavy atom. The molecule has 0 saturated carbocycles. The Morgan fingerprint density at radius 2 is 2.08 bits per heavy atom. The van der Waals surface area contributed by atoms with Crippen LogP contribution >= 0.6 is 22.9 Å². The summed E-state index contributed by atoms with van der Waals surface area (Å²) in [6.45, 7) is 0. The summed E-state index contributed by atoms with van der Waals surface area (Å²) >= 11 is 7.51. The van der Waals surface area contributed by atoms with Gasteiger partial charge in [0, 0.05) is 0 Å². The minimum Gasteiger partial charge on any atom is -0.497 e. The number of nitrogens with one attached hydrogen (secondary N) is 1. The summed E-state index contributed by atoms with van der Waals surface area (Å²) in [5.41, 5.74) is 1.51. The SMILES string of the molecule is COc1cccc(CC(=O)Nc2nc3c(OC)ccc(Cl)c3s2)c1. The van der Waals surface area contributed by atoms with Crippen molar-refractivity contribution in [1.29, 1.82) is 0 Å².